The molecule has 2 heterocycles. The maximum Gasteiger partial charge on any atom is 0.255 e. The molecule has 1 saturated heterocycles. The molecule has 0 spiro atoms. The molecule has 0 atom stereocenters. The van der Waals surface area contributed by atoms with Crippen LogP contribution in [-0.2, 0) is 4.79 Å². The number of benzene rings is 1. The lowest BCUT2D eigenvalue weighted by atomic mass is 10.1. The molecule has 2 amide bonds. The fraction of sp³-hybridized carbons (Fsp3) is 0.429. The Hall–Kier alpha value is -2.27. The fourth-order valence-corrected chi connectivity index (χ4v) is 3.76. The maximum atomic E-state index is 13.1. The van der Waals surface area contributed by atoms with Gasteiger partial charge in [0.25, 0.3) is 5.91 Å². The summed E-state index contributed by atoms with van der Waals surface area (Å²) in [6.45, 7) is 10.1. The molecule has 1 aliphatic heterocycles. The minimum Gasteiger partial charge on any atom is -0.339 e. The molecule has 3 rings (SSSR count). The molecule has 27 heavy (non-hydrogen) atoms. The average molecular weight is 388 g/mol. The SMILES string of the molecule is Cc1ccc(C)n1-c1ccc(Cl)c(C(=O)N2CCN(C(=O)C(C)C)CC2)c1. The first kappa shape index (κ1) is 19.5. The summed E-state index contributed by atoms with van der Waals surface area (Å²) in [5.41, 5.74) is 3.64. The second-order valence-corrected chi connectivity index (χ2v) is 7.80. The summed E-state index contributed by atoms with van der Waals surface area (Å²) in [5, 5.41) is 0.451. The highest BCUT2D eigenvalue weighted by Crippen LogP contribution is 2.24. The Labute approximate surface area is 165 Å². The Morgan fingerprint density at radius 3 is 2.04 bits per heavy atom. The van der Waals surface area contributed by atoms with Crippen LogP contribution in [0.2, 0.25) is 5.02 Å². The highest BCUT2D eigenvalue weighted by molar-refractivity contribution is 6.33. The highest BCUT2D eigenvalue weighted by atomic mass is 35.5. The summed E-state index contributed by atoms with van der Waals surface area (Å²) in [6.07, 6.45) is 0. The number of piperazine rings is 1. The Balaban J connectivity index is 1.80. The smallest absolute Gasteiger partial charge is 0.255 e. The second-order valence-electron chi connectivity index (χ2n) is 7.39. The van der Waals surface area contributed by atoms with Gasteiger partial charge in [-0.2, -0.15) is 0 Å². The maximum absolute atomic E-state index is 13.1. The zero-order valence-electron chi connectivity index (χ0n) is 16.3. The lowest BCUT2D eigenvalue weighted by molar-refractivity contribution is -0.135. The van der Waals surface area contributed by atoms with Gasteiger partial charge in [-0.15, -0.1) is 0 Å². The standard InChI is InChI=1S/C21H26ClN3O2/c1-14(2)20(26)23-9-11-24(12-10-23)21(27)18-13-17(7-8-19(18)22)25-15(3)5-6-16(25)4/h5-8,13-14H,9-12H2,1-4H3. The van der Waals surface area contributed by atoms with Crippen LogP contribution in [0.5, 0.6) is 0 Å². The molecule has 0 saturated carbocycles. The van der Waals surface area contributed by atoms with E-state index in [4.69, 9.17) is 11.6 Å². The molecule has 5 nitrogen and oxygen atoms in total. The van der Waals surface area contributed by atoms with Crippen molar-refractivity contribution in [3.05, 3.63) is 52.3 Å². The molecule has 2 aromatic rings. The third-order valence-electron chi connectivity index (χ3n) is 5.08. The molecule has 1 aromatic carbocycles. The van der Waals surface area contributed by atoms with E-state index in [-0.39, 0.29) is 17.7 Å². The summed E-state index contributed by atoms with van der Waals surface area (Å²) in [7, 11) is 0. The second kappa shape index (κ2) is 7.77. The van der Waals surface area contributed by atoms with Crippen molar-refractivity contribution < 1.29 is 9.59 Å². The quantitative estimate of drug-likeness (QED) is 0.806. The topological polar surface area (TPSA) is 45.6 Å². The van der Waals surface area contributed by atoms with Crippen molar-refractivity contribution in [2.75, 3.05) is 26.2 Å². The van der Waals surface area contributed by atoms with Crippen molar-refractivity contribution in [2.45, 2.75) is 27.7 Å². The molecule has 0 radical (unpaired) electrons. The zero-order valence-corrected chi connectivity index (χ0v) is 17.1. The minimum absolute atomic E-state index is 0.0218. The van der Waals surface area contributed by atoms with Crippen molar-refractivity contribution in [1.29, 1.82) is 0 Å². The van der Waals surface area contributed by atoms with Gasteiger partial charge in [0.15, 0.2) is 0 Å². The van der Waals surface area contributed by atoms with E-state index in [1.165, 1.54) is 0 Å². The Kier molecular flexibility index (Phi) is 5.61. The Bertz CT molecular complexity index is 845. The lowest BCUT2D eigenvalue weighted by Crippen LogP contribution is -2.51. The van der Waals surface area contributed by atoms with Crippen LogP contribution in [-0.4, -0.2) is 52.4 Å². The first-order chi connectivity index (χ1) is 12.8. The normalized spacial score (nSPS) is 14.7. The number of nitrogens with zero attached hydrogens (tertiary/aromatic N) is 3. The van der Waals surface area contributed by atoms with Crippen molar-refractivity contribution >= 4 is 23.4 Å². The van der Waals surface area contributed by atoms with Gasteiger partial charge in [-0.3, -0.25) is 9.59 Å². The molecule has 1 aromatic heterocycles. The fourth-order valence-electron chi connectivity index (χ4n) is 3.56. The summed E-state index contributed by atoms with van der Waals surface area (Å²) in [5.74, 6) is 0.0353. The van der Waals surface area contributed by atoms with Gasteiger partial charge in [-0.05, 0) is 44.2 Å². The van der Waals surface area contributed by atoms with Gasteiger partial charge in [0.05, 0.1) is 10.6 Å². The van der Waals surface area contributed by atoms with Gasteiger partial charge in [0.1, 0.15) is 0 Å². The Morgan fingerprint density at radius 1 is 0.926 bits per heavy atom. The van der Waals surface area contributed by atoms with E-state index < -0.39 is 0 Å². The van der Waals surface area contributed by atoms with Crippen LogP contribution in [0.3, 0.4) is 0 Å². The van der Waals surface area contributed by atoms with Crippen LogP contribution in [0, 0.1) is 19.8 Å². The van der Waals surface area contributed by atoms with E-state index in [1.807, 2.05) is 44.7 Å². The monoisotopic (exact) mass is 387 g/mol. The molecule has 144 valence electrons. The van der Waals surface area contributed by atoms with Crippen LogP contribution in [0.4, 0.5) is 0 Å². The Morgan fingerprint density at radius 2 is 1.48 bits per heavy atom. The van der Waals surface area contributed by atoms with Gasteiger partial charge in [-0.1, -0.05) is 25.4 Å². The average Bonchev–Trinajstić information content (AvgIpc) is 2.99. The van der Waals surface area contributed by atoms with Crippen LogP contribution < -0.4 is 0 Å². The first-order valence-corrected chi connectivity index (χ1v) is 9.70. The number of hydrogen-bond donors (Lipinski definition) is 0. The number of aryl methyl sites for hydroxylation is 2. The van der Waals surface area contributed by atoms with Gasteiger partial charge < -0.3 is 14.4 Å². The summed E-state index contributed by atoms with van der Waals surface area (Å²) < 4.78 is 2.10. The van der Waals surface area contributed by atoms with E-state index in [0.29, 0.717) is 36.8 Å². The summed E-state index contributed by atoms with van der Waals surface area (Å²) in [4.78, 5) is 28.8. The van der Waals surface area contributed by atoms with Gasteiger partial charge in [0.2, 0.25) is 5.91 Å². The lowest BCUT2D eigenvalue weighted by Gasteiger charge is -2.35. The molecular weight excluding hydrogens is 362 g/mol. The summed E-state index contributed by atoms with van der Waals surface area (Å²) in [6, 6.07) is 9.67. The van der Waals surface area contributed by atoms with E-state index in [1.54, 1.807) is 11.0 Å². The molecule has 6 heteroatoms. The minimum atomic E-state index is -0.0824. The van der Waals surface area contributed by atoms with E-state index >= 15 is 0 Å². The third kappa shape index (κ3) is 3.88. The van der Waals surface area contributed by atoms with Gasteiger partial charge in [-0.25, -0.2) is 0 Å². The predicted octanol–water partition coefficient (Wildman–Crippen LogP) is 3.69. The van der Waals surface area contributed by atoms with E-state index in [0.717, 1.165) is 17.1 Å². The van der Waals surface area contributed by atoms with Gasteiger partial charge in [0, 0.05) is 49.2 Å². The zero-order chi connectivity index (χ0) is 19.7. The van der Waals surface area contributed by atoms with Gasteiger partial charge >= 0.3 is 0 Å². The molecule has 0 unspecified atom stereocenters. The van der Waals surface area contributed by atoms with Crippen LogP contribution in [0.25, 0.3) is 5.69 Å². The number of aromatic nitrogens is 1. The van der Waals surface area contributed by atoms with Crippen LogP contribution in [0.1, 0.15) is 35.6 Å². The molecule has 0 N–H and O–H groups in total. The highest BCUT2D eigenvalue weighted by Gasteiger charge is 2.27. The molecule has 0 bridgehead atoms. The largest absolute Gasteiger partial charge is 0.339 e. The predicted molar refractivity (Wildman–Crippen MR) is 108 cm³/mol. The van der Waals surface area contributed by atoms with Crippen molar-refractivity contribution in [3.63, 3.8) is 0 Å². The van der Waals surface area contributed by atoms with Crippen molar-refractivity contribution in [3.8, 4) is 5.69 Å². The molecule has 1 fully saturated rings. The number of amides is 2. The number of halogens is 1. The van der Waals surface area contributed by atoms with Crippen LogP contribution in [0.15, 0.2) is 30.3 Å². The molecule has 1 aliphatic rings. The number of carbonyl (C=O) groups is 2. The number of rotatable bonds is 3. The van der Waals surface area contributed by atoms with Crippen molar-refractivity contribution in [1.82, 2.24) is 14.4 Å². The first-order valence-electron chi connectivity index (χ1n) is 9.32. The number of carbonyl (C=O) groups excluding carboxylic acids is 2. The van der Waals surface area contributed by atoms with Crippen molar-refractivity contribution in [2.24, 2.45) is 5.92 Å². The summed E-state index contributed by atoms with van der Waals surface area (Å²) >= 11 is 6.35. The molecular formula is C21H26ClN3O2. The molecule has 0 aliphatic carbocycles. The van der Waals surface area contributed by atoms with E-state index in [9.17, 15) is 9.59 Å². The number of hydrogen-bond acceptors (Lipinski definition) is 2. The van der Waals surface area contributed by atoms with Crippen LogP contribution >= 0.6 is 11.6 Å². The third-order valence-corrected chi connectivity index (χ3v) is 5.41. The van der Waals surface area contributed by atoms with E-state index in [2.05, 4.69) is 16.7 Å².